The molecule has 2 rings (SSSR count). The van der Waals surface area contributed by atoms with Gasteiger partial charge < -0.3 is 0 Å². The molecule has 2 heteroatoms. The first-order valence-corrected chi connectivity index (χ1v) is 4.19. The predicted molar refractivity (Wildman–Crippen MR) is 43.3 cm³/mol. The molecule has 2 nitrogen and oxygen atoms in total. The van der Waals surface area contributed by atoms with E-state index in [1.807, 2.05) is 6.92 Å². The lowest BCUT2D eigenvalue weighted by Crippen LogP contribution is -2.03. The van der Waals surface area contributed by atoms with E-state index in [1.165, 1.54) is 18.5 Å². The van der Waals surface area contributed by atoms with Crippen molar-refractivity contribution in [2.75, 3.05) is 0 Å². The van der Waals surface area contributed by atoms with Crippen LogP contribution in [0.4, 0.5) is 0 Å². The summed E-state index contributed by atoms with van der Waals surface area (Å²) in [5, 5.41) is 4.35. The third-order valence-electron chi connectivity index (χ3n) is 2.15. The van der Waals surface area contributed by atoms with Crippen LogP contribution >= 0.6 is 0 Å². The molecule has 0 amide bonds. The molecule has 1 aromatic rings. The third kappa shape index (κ3) is 1.44. The fourth-order valence-electron chi connectivity index (χ4n) is 1.33. The van der Waals surface area contributed by atoms with Gasteiger partial charge in [-0.2, -0.15) is 5.10 Å². The van der Waals surface area contributed by atoms with Gasteiger partial charge in [0.25, 0.3) is 0 Å². The van der Waals surface area contributed by atoms with Crippen molar-refractivity contribution in [1.82, 2.24) is 9.78 Å². The molecule has 0 aromatic carbocycles. The van der Waals surface area contributed by atoms with Gasteiger partial charge in [0.2, 0.25) is 0 Å². The minimum atomic E-state index is 0.904. The summed E-state index contributed by atoms with van der Waals surface area (Å²) in [7, 11) is 0. The molecule has 1 aromatic heterocycles. The van der Waals surface area contributed by atoms with Crippen LogP contribution in [0, 0.1) is 25.8 Å². The van der Waals surface area contributed by atoms with Crippen molar-refractivity contribution in [3.8, 4) is 0 Å². The summed E-state index contributed by atoms with van der Waals surface area (Å²) in [4.78, 5) is 0. The minimum absolute atomic E-state index is 0.904. The molecule has 1 aliphatic rings. The predicted octanol–water partition coefficient (Wildman–Crippen LogP) is 1.71. The first kappa shape index (κ1) is 6.89. The van der Waals surface area contributed by atoms with Gasteiger partial charge in [-0.1, -0.05) is 0 Å². The van der Waals surface area contributed by atoms with Crippen LogP contribution in [0.2, 0.25) is 0 Å². The number of hydrogen-bond donors (Lipinski definition) is 0. The lowest BCUT2D eigenvalue weighted by atomic mass is 10.4. The fourth-order valence-corrected chi connectivity index (χ4v) is 1.33. The van der Waals surface area contributed by atoms with Gasteiger partial charge in [-0.15, -0.1) is 0 Å². The number of nitrogens with zero attached hydrogens (tertiary/aromatic N) is 2. The highest BCUT2D eigenvalue weighted by atomic mass is 15.3. The van der Waals surface area contributed by atoms with Crippen LogP contribution in [0.3, 0.4) is 0 Å². The van der Waals surface area contributed by atoms with Gasteiger partial charge in [-0.05, 0) is 32.6 Å². The van der Waals surface area contributed by atoms with E-state index in [4.69, 9.17) is 0 Å². The average molecular weight is 149 g/mol. The monoisotopic (exact) mass is 149 g/mol. The van der Waals surface area contributed by atoms with Crippen molar-refractivity contribution in [2.24, 2.45) is 5.92 Å². The Balaban J connectivity index is 2.14. The van der Waals surface area contributed by atoms with E-state index in [-0.39, 0.29) is 0 Å². The molecule has 1 aliphatic carbocycles. The summed E-state index contributed by atoms with van der Waals surface area (Å²) < 4.78 is 2.08. The number of hydrogen-bond acceptors (Lipinski definition) is 1. The van der Waals surface area contributed by atoms with Gasteiger partial charge in [0.05, 0.1) is 5.69 Å². The molecule has 0 atom stereocenters. The van der Waals surface area contributed by atoms with E-state index >= 15 is 0 Å². The summed E-state index contributed by atoms with van der Waals surface area (Å²) in [5.41, 5.74) is 2.19. The Labute approximate surface area is 67.2 Å². The highest BCUT2D eigenvalue weighted by Gasteiger charge is 2.22. The summed E-state index contributed by atoms with van der Waals surface area (Å²) in [6, 6.07) is 3.19. The number of aryl methyl sites for hydroxylation is 2. The Morgan fingerprint density at radius 2 is 2.27 bits per heavy atom. The van der Waals surface area contributed by atoms with Crippen LogP contribution in [-0.4, -0.2) is 9.78 Å². The second kappa shape index (κ2) is 2.36. The van der Waals surface area contributed by atoms with Gasteiger partial charge in [-0.25, -0.2) is 0 Å². The molecular formula is C9H13N2. The summed E-state index contributed by atoms with van der Waals surface area (Å²) >= 11 is 0. The molecular weight excluding hydrogens is 136 g/mol. The zero-order valence-electron chi connectivity index (χ0n) is 7.09. The van der Waals surface area contributed by atoms with Gasteiger partial charge in [0, 0.05) is 18.3 Å². The quantitative estimate of drug-likeness (QED) is 0.626. The maximum Gasteiger partial charge on any atom is 0.0676 e. The largest absolute Gasteiger partial charge is 0.269 e. The third-order valence-corrected chi connectivity index (χ3v) is 2.15. The Kier molecular flexibility index (Phi) is 1.48. The smallest absolute Gasteiger partial charge is 0.0676 e. The van der Waals surface area contributed by atoms with Crippen molar-refractivity contribution >= 4 is 0 Å². The maximum atomic E-state index is 4.35. The standard InChI is InChI=1S/C9H13N2/c1-7-5-8(2)11(10-7)6-9-3-4-9/h9H,3-4,6H2,1-2H3. The van der Waals surface area contributed by atoms with Crippen molar-refractivity contribution in [2.45, 2.75) is 33.2 Å². The lowest BCUT2D eigenvalue weighted by Gasteiger charge is -2.00. The molecule has 1 fully saturated rings. The maximum absolute atomic E-state index is 4.35. The first-order valence-electron chi connectivity index (χ1n) is 4.19. The summed E-state index contributed by atoms with van der Waals surface area (Å²) in [6.07, 6.45) is 2.77. The molecule has 1 heterocycles. The van der Waals surface area contributed by atoms with E-state index in [0.717, 1.165) is 18.2 Å². The van der Waals surface area contributed by atoms with E-state index < -0.39 is 0 Å². The lowest BCUT2D eigenvalue weighted by molar-refractivity contribution is 0.547. The molecule has 1 radical (unpaired) electrons. The summed E-state index contributed by atoms with van der Waals surface area (Å²) in [5.74, 6) is 0.904. The van der Waals surface area contributed by atoms with Crippen molar-refractivity contribution in [3.63, 3.8) is 0 Å². The van der Waals surface area contributed by atoms with E-state index in [0.29, 0.717) is 0 Å². The van der Waals surface area contributed by atoms with E-state index in [2.05, 4.69) is 22.8 Å². The second-order valence-electron chi connectivity index (χ2n) is 3.42. The molecule has 1 saturated carbocycles. The topological polar surface area (TPSA) is 17.8 Å². The SMILES string of the molecule is Cc1[c]c(C)n(CC2CC2)n1. The van der Waals surface area contributed by atoms with Crippen LogP contribution in [-0.2, 0) is 6.54 Å². The normalized spacial score (nSPS) is 17.3. The van der Waals surface area contributed by atoms with Gasteiger partial charge in [0.1, 0.15) is 0 Å². The Morgan fingerprint density at radius 3 is 2.73 bits per heavy atom. The Hall–Kier alpha value is -0.790. The molecule has 0 unspecified atom stereocenters. The first-order chi connectivity index (χ1) is 5.25. The van der Waals surface area contributed by atoms with Crippen LogP contribution in [0.15, 0.2) is 0 Å². The molecule has 0 N–H and O–H groups in total. The molecule has 0 spiro atoms. The van der Waals surface area contributed by atoms with Gasteiger partial charge >= 0.3 is 0 Å². The zero-order valence-corrected chi connectivity index (χ0v) is 7.09. The number of aromatic nitrogens is 2. The number of rotatable bonds is 2. The molecule has 0 saturated heterocycles. The van der Waals surface area contributed by atoms with Crippen LogP contribution < -0.4 is 0 Å². The molecule has 0 aliphatic heterocycles. The zero-order chi connectivity index (χ0) is 7.84. The fraction of sp³-hybridized carbons (Fsp3) is 0.667. The average Bonchev–Trinajstić information content (AvgIpc) is 2.64. The molecule has 0 bridgehead atoms. The van der Waals surface area contributed by atoms with Crippen LogP contribution in [0.1, 0.15) is 24.2 Å². The second-order valence-corrected chi connectivity index (χ2v) is 3.42. The Bertz CT molecular complexity index is 259. The van der Waals surface area contributed by atoms with Crippen molar-refractivity contribution in [1.29, 1.82) is 0 Å². The van der Waals surface area contributed by atoms with E-state index in [1.54, 1.807) is 0 Å². The Morgan fingerprint density at radius 1 is 1.55 bits per heavy atom. The summed E-state index contributed by atoms with van der Waals surface area (Å²) in [6.45, 7) is 5.18. The highest BCUT2D eigenvalue weighted by Crippen LogP contribution is 2.30. The van der Waals surface area contributed by atoms with Crippen LogP contribution in [0.25, 0.3) is 0 Å². The van der Waals surface area contributed by atoms with Crippen molar-refractivity contribution < 1.29 is 0 Å². The molecule has 59 valence electrons. The van der Waals surface area contributed by atoms with Crippen LogP contribution in [0.5, 0.6) is 0 Å². The van der Waals surface area contributed by atoms with Gasteiger partial charge in [0.15, 0.2) is 0 Å². The van der Waals surface area contributed by atoms with Gasteiger partial charge in [-0.3, -0.25) is 4.68 Å². The highest BCUT2D eigenvalue weighted by molar-refractivity contribution is 5.04. The molecule has 11 heavy (non-hydrogen) atoms. The minimum Gasteiger partial charge on any atom is -0.269 e. The van der Waals surface area contributed by atoms with Crippen molar-refractivity contribution in [3.05, 3.63) is 17.5 Å². The van der Waals surface area contributed by atoms with E-state index in [9.17, 15) is 0 Å².